The van der Waals surface area contributed by atoms with E-state index in [1.54, 1.807) is 0 Å². The third-order valence-corrected chi connectivity index (χ3v) is 5.13. The Morgan fingerprint density at radius 3 is 2.46 bits per heavy atom. The molecule has 0 aliphatic rings. The maximum absolute atomic E-state index is 6.02. The Kier molecular flexibility index (Phi) is 7.71. The largest absolute Gasteiger partial charge is 0.494 e. The molecule has 3 aromatic rings. The van der Waals surface area contributed by atoms with Crippen molar-refractivity contribution in [3.8, 4) is 22.8 Å². The second-order valence-electron chi connectivity index (χ2n) is 7.25. The Morgan fingerprint density at radius 2 is 1.68 bits per heavy atom. The zero-order valence-corrected chi connectivity index (χ0v) is 17.2. The van der Waals surface area contributed by atoms with Crippen LogP contribution in [0.25, 0.3) is 17.1 Å². The minimum Gasteiger partial charge on any atom is -0.494 e. The van der Waals surface area contributed by atoms with E-state index in [1.165, 1.54) is 43.4 Å². The summed E-state index contributed by atoms with van der Waals surface area (Å²) in [6, 6.07) is 16.8. The summed E-state index contributed by atoms with van der Waals surface area (Å²) in [5.41, 5.74) is 3.57. The summed E-state index contributed by atoms with van der Waals surface area (Å²) in [6.07, 6.45) is 12.6. The van der Waals surface area contributed by atoms with Crippen LogP contribution in [-0.2, 0) is 6.42 Å². The third-order valence-electron chi connectivity index (χ3n) is 5.13. The molecule has 0 amide bonds. The number of rotatable bonds is 11. The first kappa shape index (κ1) is 20.2. The lowest BCUT2D eigenvalue weighted by atomic mass is 10.1. The van der Waals surface area contributed by atoms with Crippen molar-refractivity contribution in [2.45, 2.75) is 58.8 Å². The Labute approximate surface area is 169 Å². The molecule has 0 radical (unpaired) electrons. The molecule has 1 heterocycles. The van der Waals surface area contributed by atoms with E-state index in [0.29, 0.717) is 0 Å². The Morgan fingerprint density at radius 1 is 0.893 bits per heavy atom. The maximum atomic E-state index is 6.02. The molecular weight excluding hydrogens is 344 g/mol. The van der Waals surface area contributed by atoms with E-state index in [4.69, 9.17) is 4.74 Å². The van der Waals surface area contributed by atoms with Gasteiger partial charge in [-0.25, -0.2) is 4.98 Å². The first-order valence-electron chi connectivity index (χ1n) is 10.7. The predicted octanol–water partition coefficient (Wildman–Crippen LogP) is 6.84. The Hall–Kier alpha value is -2.55. The van der Waals surface area contributed by atoms with E-state index >= 15 is 0 Å². The van der Waals surface area contributed by atoms with Crippen LogP contribution in [0.15, 0.2) is 60.9 Å². The van der Waals surface area contributed by atoms with Crippen molar-refractivity contribution in [3.05, 3.63) is 66.5 Å². The maximum Gasteiger partial charge on any atom is 0.144 e. The molecular formula is C25H32N2O. The Balaban J connectivity index is 1.67. The lowest BCUT2D eigenvalue weighted by Gasteiger charge is -2.14. The second kappa shape index (κ2) is 10.7. The van der Waals surface area contributed by atoms with Crippen LogP contribution in [-0.4, -0.2) is 16.2 Å². The van der Waals surface area contributed by atoms with E-state index in [2.05, 4.69) is 53.7 Å². The number of hydrogen-bond acceptors (Lipinski definition) is 2. The standard InChI is InChI=1S/C25H32N2O/c1-3-5-6-7-8-12-19-28-23-15-16-24(21(4-2)20-23)27-18-17-26-25(27)22-13-10-9-11-14-22/h9-11,13-18,20H,3-8,12,19H2,1-2H3. The number of aryl methyl sites for hydroxylation is 1. The fourth-order valence-electron chi connectivity index (χ4n) is 3.54. The molecule has 0 fully saturated rings. The zero-order valence-electron chi connectivity index (χ0n) is 17.2. The van der Waals surface area contributed by atoms with Gasteiger partial charge < -0.3 is 4.74 Å². The summed E-state index contributed by atoms with van der Waals surface area (Å²) in [7, 11) is 0. The molecule has 1 aromatic heterocycles. The Bertz CT molecular complexity index is 839. The van der Waals surface area contributed by atoms with Gasteiger partial charge >= 0.3 is 0 Å². The molecule has 148 valence electrons. The highest BCUT2D eigenvalue weighted by molar-refractivity contribution is 5.60. The molecule has 0 aliphatic carbocycles. The van der Waals surface area contributed by atoms with Crippen LogP contribution < -0.4 is 4.74 Å². The summed E-state index contributed by atoms with van der Waals surface area (Å²) in [4.78, 5) is 4.58. The SMILES string of the molecule is CCCCCCCCOc1ccc(-n2ccnc2-c2ccccc2)c(CC)c1. The lowest BCUT2D eigenvalue weighted by molar-refractivity contribution is 0.304. The highest BCUT2D eigenvalue weighted by atomic mass is 16.5. The number of benzene rings is 2. The normalized spacial score (nSPS) is 10.9. The van der Waals surface area contributed by atoms with Crippen molar-refractivity contribution >= 4 is 0 Å². The van der Waals surface area contributed by atoms with Gasteiger partial charge in [-0.15, -0.1) is 0 Å². The van der Waals surface area contributed by atoms with Crippen molar-refractivity contribution in [1.29, 1.82) is 0 Å². The average molecular weight is 377 g/mol. The smallest absolute Gasteiger partial charge is 0.144 e. The number of ether oxygens (including phenoxy) is 1. The van der Waals surface area contributed by atoms with Crippen LogP contribution in [0.2, 0.25) is 0 Å². The molecule has 3 heteroatoms. The van der Waals surface area contributed by atoms with Gasteiger partial charge in [-0.3, -0.25) is 4.57 Å². The van der Waals surface area contributed by atoms with Gasteiger partial charge in [0, 0.05) is 18.0 Å². The molecule has 28 heavy (non-hydrogen) atoms. The highest BCUT2D eigenvalue weighted by Gasteiger charge is 2.11. The zero-order chi connectivity index (χ0) is 19.6. The van der Waals surface area contributed by atoms with Gasteiger partial charge in [-0.1, -0.05) is 76.3 Å². The van der Waals surface area contributed by atoms with Crippen LogP contribution in [0.5, 0.6) is 5.75 Å². The minimum absolute atomic E-state index is 0.801. The van der Waals surface area contributed by atoms with E-state index in [9.17, 15) is 0 Å². The number of nitrogens with zero attached hydrogens (tertiary/aromatic N) is 2. The van der Waals surface area contributed by atoms with Crippen LogP contribution in [0.3, 0.4) is 0 Å². The van der Waals surface area contributed by atoms with Crippen molar-refractivity contribution in [3.63, 3.8) is 0 Å². The molecule has 0 saturated heterocycles. The summed E-state index contributed by atoms with van der Waals surface area (Å²) in [5, 5.41) is 0. The fourth-order valence-corrected chi connectivity index (χ4v) is 3.54. The molecule has 0 atom stereocenters. The number of hydrogen-bond donors (Lipinski definition) is 0. The van der Waals surface area contributed by atoms with Crippen molar-refractivity contribution in [1.82, 2.24) is 9.55 Å². The molecule has 3 nitrogen and oxygen atoms in total. The van der Waals surface area contributed by atoms with Crippen molar-refractivity contribution in [2.75, 3.05) is 6.61 Å². The van der Waals surface area contributed by atoms with E-state index in [-0.39, 0.29) is 0 Å². The van der Waals surface area contributed by atoms with Gasteiger partial charge in [0.2, 0.25) is 0 Å². The van der Waals surface area contributed by atoms with Crippen molar-refractivity contribution < 1.29 is 4.74 Å². The van der Waals surface area contributed by atoms with Crippen LogP contribution >= 0.6 is 0 Å². The average Bonchev–Trinajstić information content (AvgIpc) is 3.23. The van der Waals surface area contributed by atoms with Crippen LogP contribution in [0, 0.1) is 0 Å². The fraction of sp³-hybridized carbons (Fsp3) is 0.400. The monoisotopic (exact) mass is 376 g/mol. The molecule has 0 bridgehead atoms. The summed E-state index contributed by atoms with van der Waals surface area (Å²) >= 11 is 0. The van der Waals surface area contributed by atoms with Crippen LogP contribution in [0.4, 0.5) is 0 Å². The highest BCUT2D eigenvalue weighted by Crippen LogP contribution is 2.27. The van der Waals surface area contributed by atoms with E-state index in [1.807, 2.05) is 30.6 Å². The van der Waals surface area contributed by atoms with E-state index in [0.717, 1.165) is 36.6 Å². The number of aromatic nitrogens is 2. The van der Waals surface area contributed by atoms with E-state index < -0.39 is 0 Å². The van der Waals surface area contributed by atoms with Crippen LogP contribution in [0.1, 0.15) is 57.9 Å². The first-order valence-corrected chi connectivity index (χ1v) is 10.7. The number of imidazole rings is 1. The second-order valence-corrected chi connectivity index (χ2v) is 7.25. The summed E-state index contributed by atoms with van der Waals surface area (Å²) in [6.45, 7) is 5.25. The first-order chi connectivity index (χ1) is 13.8. The summed E-state index contributed by atoms with van der Waals surface area (Å²) < 4.78 is 8.19. The van der Waals surface area contributed by atoms with Crippen molar-refractivity contribution in [2.24, 2.45) is 0 Å². The number of unbranched alkanes of at least 4 members (excludes halogenated alkanes) is 5. The molecule has 0 aliphatic heterocycles. The van der Waals surface area contributed by atoms with Gasteiger partial charge in [0.25, 0.3) is 0 Å². The predicted molar refractivity (Wildman–Crippen MR) is 117 cm³/mol. The molecule has 0 spiro atoms. The molecule has 0 saturated carbocycles. The van der Waals surface area contributed by atoms with Gasteiger partial charge in [-0.05, 0) is 36.6 Å². The molecule has 0 N–H and O–H groups in total. The third kappa shape index (κ3) is 5.25. The van der Waals surface area contributed by atoms with Gasteiger partial charge in [0.15, 0.2) is 0 Å². The summed E-state index contributed by atoms with van der Waals surface area (Å²) in [5.74, 6) is 1.94. The molecule has 3 rings (SSSR count). The lowest BCUT2D eigenvalue weighted by Crippen LogP contribution is -2.03. The quantitative estimate of drug-likeness (QED) is 0.342. The van der Waals surface area contributed by atoms with Gasteiger partial charge in [0.1, 0.15) is 11.6 Å². The molecule has 0 unspecified atom stereocenters. The van der Waals surface area contributed by atoms with Gasteiger partial charge in [-0.2, -0.15) is 0 Å². The minimum atomic E-state index is 0.801. The van der Waals surface area contributed by atoms with Gasteiger partial charge in [0.05, 0.1) is 12.3 Å². The molecule has 2 aromatic carbocycles. The topological polar surface area (TPSA) is 27.1 Å².